The molecule has 1 heterocycles. The van der Waals surface area contributed by atoms with Crippen LogP contribution < -0.4 is 5.57 Å². The molecule has 0 aliphatic carbocycles. The van der Waals surface area contributed by atoms with Gasteiger partial charge in [0.2, 0.25) is 0 Å². The number of aromatic nitrogens is 2. The van der Waals surface area contributed by atoms with E-state index in [4.69, 9.17) is 0 Å². The highest BCUT2D eigenvalue weighted by Crippen LogP contribution is 2.04. The van der Waals surface area contributed by atoms with Crippen LogP contribution in [-0.2, 0) is 0 Å². The van der Waals surface area contributed by atoms with Crippen molar-refractivity contribution in [2.24, 2.45) is 0 Å². The third-order valence-corrected chi connectivity index (χ3v) is 1.91. The Balaban J connectivity index is 2.84. The van der Waals surface area contributed by atoms with Crippen molar-refractivity contribution in [1.82, 2.24) is 9.97 Å². The van der Waals surface area contributed by atoms with Gasteiger partial charge in [-0.25, -0.2) is 4.98 Å². The van der Waals surface area contributed by atoms with Crippen LogP contribution in [0.15, 0.2) is 10.8 Å². The first-order valence-corrected chi connectivity index (χ1v) is 4.50. The van der Waals surface area contributed by atoms with E-state index in [1.165, 1.54) is 0 Å². The second-order valence-corrected chi connectivity index (χ2v) is 3.16. The molecule has 44 valence electrons. The van der Waals surface area contributed by atoms with Crippen molar-refractivity contribution in [2.75, 3.05) is 6.66 Å². The lowest BCUT2D eigenvalue weighted by atomic mass is 11.0. The third-order valence-electron chi connectivity index (χ3n) is 0.782. The van der Waals surface area contributed by atoms with E-state index in [9.17, 15) is 0 Å². The summed E-state index contributed by atoms with van der Waals surface area (Å²) in [5.74, 6) is 0. The standard InChI is InChI=1S/C4H6BrN2P/c1-8-4-6-2-3(5)7-4/h2,8H,1H3,(H,6,7). The van der Waals surface area contributed by atoms with Crippen LogP contribution >= 0.6 is 24.5 Å². The summed E-state index contributed by atoms with van der Waals surface area (Å²) in [4.78, 5) is 7.09. The molecule has 8 heavy (non-hydrogen) atoms. The van der Waals surface area contributed by atoms with Crippen molar-refractivity contribution in [2.45, 2.75) is 0 Å². The second kappa shape index (κ2) is 2.60. The molecule has 4 heteroatoms. The van der Waals surface area contributed by atoms with Crippen LogP contribution in [0.3, 0.4) is 0 Å². The lowest BCUT2D eigenvalue weighted by molar-refractivity contribution is 1.39. The smallest absolute Gasteiger partial charge is 0.126 e. The maximum Gasteiger partial charge on any atom is 0.126 e. The minimum atomic E-state index is 0.754. The largest absolute Gasteiger partial charge is 0.333 e. The highest BCUT2D eigenvalue weighted by atomic mass is 79.9. The number of imidazole rings is 1. The molecule has 0 saturated carbocycles. The first kappa shape index (κ1) is 6.24. The topological polar surface area (TPSA) is 28.7 Å². The van der Waals surface area contributed by atoms with E-state index < -0.39 is 0 Å². The predicted molar refractivity (Wildman–Crippen MR) is 40.2 cm³/mol. The van der Waals surface area contributed by atoms with Crippen molar-refractivity contribution in [1.29, 1.82) is 0 Å². The Morgan fingerprint density at radius 1 is 1.88 bits per heavy atom. The minimum Gasteiger partial charge on any atom is -0.333 e. The SMILES string of the molecule is CPc1ncc(Br)[nH]1. The van der Waals surface area contributed by atoms with Gasteiger partial charge in [-0.1, -0.05) is 8.58 Å². The number of rotatable bonds is 1. The number of nitrogens with zero attached hydrogens (tertiary/aromatic N) is 1. The molecule has 1 N–H and O–H groups in total. The van der Waals surface area contributed by atoms with Crippen LogP contribution in [0.2, 0.25) is 0 Å². The highest BCUT2D eigenvalue weighted by molar-refractivity contribution is 9.10. The Hall–Kier alpha value is 0.120. The molecule has 0 saturated heterocycles. The molecular weight excluding hydrogens is 187 g/mol. The Bertz CT molecular complexity index is 174. The van der Waals surface area contributed by atoms with Gasteiger partial charge in [0.05, 0.1) is 6.20 Å². The zero-order valence-corrected chi connectivity index (χ0v) is 6.99. The Kier molecular flexibility index (Phi) is 2.03. The zero-order valence-electron chi connectivity index (χ0n) is 4.40. The van der Waals surface area contributed by atoms with Crippen LogP contribution in [-0.4, -0.2) is 16.6 Å². The summed E-state index contributed by atoms with van der Waals surface area (Å²) in [7, 11) is 0.754. The van der Waals surface area contributed by atoms with Gasteiger partial charge in [0.1, 0.15) is 10.2 Å². The number of H-pyrrole nitrogens is 1. The number of aromatic amines is 1. The summed E-state index contributed by atoms with van der Waals surface area (Å²) < 4.78 is 0.960. The fourth-order valence-electron chi connectivity index (χ4n) is 0.426. The van der Waals surface area contributed by atoms with Crippen LogP contribution in [0.4, 0.5) is 0 Å². The molecule has 1 unspecified atom stereocenters. The van der Waals surface area contributed by atoms with Gasteiger partial charge < -0.3 is 4.98 Å². The molecule has 0 aromatic carbocycles. The van der Waals surface area contributed by atoms with Crippen LogP contribution in [0.5, 0.6) is 0 Å². The molecule has 1 aromatic rings. The summed E-state index contributed by atoms with van der Waals surface area (Å²) >= 11 is 3.26. The Morgan fingerprint density at radius 2 is 2.62 bits per heavy atom. The summed E-state index contributed by atoms with van der Waals surface area (Å²) in [5.41, 5.74) is 1.05. The van der Waals surface area contributed by atoms with Crippen molar-refractivity contribution in [3.63, 3.8) is 0 Å². The van der Waals surface area contributed by atoms with Crippen LogP contribution in [0.1, 0.15) is 0 Å². The maximum absolute atomic E-state index is 4.04. The zero-order chi connectivity index (χ0) is 5.98. The molecular formula is C4H6BrN2P. The van der Waals surface area contributed by atoms with E-state index >= 15 is 0 Å². The van der Waals surface area contributed by atoms with Gasteiger partial charge >= 0.3 is 0 Å². The molecule has 0 bridgehead atoms. The highest BCUT2D eigenvalue weighted by Gasteiger charge is 1.90. The molecule has 0 amide bonds. The minimum absolute atomic E-state index is 0.754. The molecule has 0 aliphatic rings. The van der Waals surface area contributed by atoms with Gasteiger partial charge in [-0.15, -0.1) is 0 Å². The first-order valence-electron chi connectivity index (χ1n) is 2.21. The van der Waals surface area contributed by atoms with E-state index in [0.29, 0.717) is 0 Å². The van der Waals surface area contributed by atoms with Crippen molar-refractivity contribution in [3.05, 3.63) is 10.8 Å². The molecule has 0 radical (unpaired) electrons. The normalized spacial score (nSPS) is 11.2. The van der Waals surface area contributed by atoms with Crippen molar-refractivity contribution >= 4 is 30.1 Å². The summed E-state index contributed by atoms with van der Waals surface area (Å²) in [6.45, 7) is 2.09. The second-order valence-electron chi connectivity index (χ2n) is 1.33. The van der Waals surface area contributed by atoms with E-state index in [1.54, 1.807) is 6.20 Å². The number of halogens is 1. The first-order chi connectivity index (χ1) is 3.83. The number of hydrogen-bond acceptors (Lipinski definition) is 1. The summed E-state index contributed by atoms with van der Waals surface area (Å²) in [6, 6.07) is 0. The van der Waals surface area contributed by atoms with Gasteiger partial charge in [0.25, 0.3) is 0 Å². The van der Waals surface area contributed by atoms with E-state index in [-0.39, 0.29) is 0 Å². The van der Waals surface area contributed by atoms with Crippen molar-refractivity contribution in [3.8, 4) is 0 Å². The molecule has 0 fully saturated rings. The van der Waals surface area contributed by atoms with E-state index in [1.807, 2.05) is 0 Å². The lowest BCUT2D eigenvalue weighted by Gasteiger charge is -1.81. The molecule has 0 spiro atoms. The Morgan fingerprint density at radius 3 is 2.88 bits per heavy atom. The maximum atomic E-state index is 4.04. The number of hydrogen-bond donors (Lipinski definition) is 1. The molecule has 1 aromatic heterocycles. The molecule has 1 atom stereocenters. The summed E-state index contributed by atoms with van der Waals surface area (Å²) in [5, 5.41) is 0. The fourth-order valence-corrected chi connectivity index (χ4v) is 1.35. The van der Waals surface area contributed by atoms with Gasteiger partial charge in [0.15, 0.2) is 0 Å². The monoisotopic (exact) mass is 192 g/mol. The van der Waals surface area contributed by atoms with E-state index in [2.05, 4.69) is 32.6 Å². The number of nitrogens with one attached hydrogen (secondary N) is 1. The van der Waals surface area contributed by atoms with Gasteiger partial charge in [-0.2, -0.15) is 0 Å². The van der Waals surface area contributed by atoms with E-state index in [0.717, 1.165) is 18.7 Å². The van der Waals surface area contributed by atoms with Gasteiger partial charge in [-0.3, -0.25) is 0 Å². The summed E-state index contributed by atoms with van der Waals surface area (Å²) in [6.07, 6.45) is 1.77. The average molecular weight is 193 g/mol. The third kappa shape index (κ3) is 1.30. The molecule has 0 aliphatic heterocycles. The fraction of sp³-hybridized carbons (Fsp3) is 0.250. The van der Waals surface area contributed by atoms with Gasteiger partial charge in [-0.05, 0) is 22.6 Å². The molecule has 1 rings (SSSR count). The van der Waals surface area contributed by atoms with Crippen LogP contribution in [0, 0.1) is 0 Å². The van der Waals surface area contributed by atoms with Crippen LogP contribution in [0.25, 0.3) is 0 Å². The lowest BCUT2D eigenvalue weighted by Crippen LogP contribution is -1.95. The van der Waals surface area contributed by atoms with Gasteiger partial charge in [0, 0.05) is 0 Å². The Labute approximate surface area is 58.0 Å². The average Bonchev–Trinajstić information content (AvgIpc) is 2.14. The van der Waals surface area contributed by atoms with Crippen molar-refractivity contribution < 1.29 is 0 Å². The molecule has 2 nitrogen and oxygen atoms in total. The quantitative estimate of drug-likeness (QED) is 0.664. The predicted octanol–water partition coefficient (Wildman–Crippen LogP) is 1.11.